The number of likely N-dealkylation sites (N-methyl/N-ethyl adjacent to an activating group) is 1. The molecular formula is C16H27NO2. The van der Waals surface area contributed by atoms with Gasteiger partial charge in [-0.2, -0.15) is 0 Å². The van der Waals surface area contributed by atoms with Crippen LogP contribution in [0.2, 0.25) is 0 Å². The minimum atomic E-state index is -0.500. The van der Waals surface area contributed by atoms with Gasteiger partial charge in [0.1, 0.15) is 5.75 Å². The van der Waals surface area contributed by atoms with Gasteiger partial charge in [-0.25, -0.2) is 0 Å². The maximum absolute atomic E-state index is 10.4. The Hall–Kier alpha value is -1.06. The van der Waals surface area contributed by atoms with E-state index in [0.29, 0.717) is 12.5 Å². The molecule has 1 N–H and O–H groups in total. The summed E-state index contributed by atoms with van der Waals surface area (Å²) in [5.41, 5.74) is 0.868. The first-order valence-corrected chi connectivity index (χ1v) is 7.15. The molecule has 19 heavy (non-hydrogen) atoms. The van der Waals surface area contributed by atoms with Crippen molar-refractivity contribution in [2.24, 2.45) is 5.92 Å². The Kier molecular flexibility index (Phi) is 6.89. The number of benzene rings is 1. The summed E-state index contributed by atoms with van der Waals surface area (Å²) in [5.74, 6) is 1.42. The molecule has 0 bridgehead atoms. The Morgan fingerprint density at radius 3 is 2.47 bits per heavy atom. The Morgan fingerprint density at radius 2 is 1.89 bits per heavy atom. The van der Waals surface area contributed by atoms with E-state index < -0.39 is 6.10 Å². The van der Waals surface area contributed by atoms with Gasteiger partial charge in [0, 0.05) is 18.7 Å². The zero-order valence-electron chi connectivity index (χ0n) is 12.6. The predicted molar refractivity (Wildman–Crippen MR) is 79.5 cm³/mol. The highest BCUT2D eigenvalue weighted by Crippen LogP contribution is 2.25. The number of hydrogen-bond donors (Lipinski definition) is 1. The second-order valence-corrected chi connectivity index (χ2v) is 5.12. The van der Waals surface area contributed by atoms with Crippen LogP contribution in [0, 0.1) is 5.92 Å². The number of aliphatic hydroxyl groups is 1. The van der Waals surface area contributed by atoms with E-state index >= 15 is 0 Å². The minimum Gasteiger partial charge on any atom is -0.496 e. The average molecular weight is 265 g/mol. The molecule has 0 amide bonds. The lowest BCUT2D eigenvalue weighted by Gasteiger charge is -2.26. The number of rotatable bonds is 8. The molecule has 0 spiro atoms. The van der Waals surface area contributed by atoms with E-state index in [0.717, 1.165) is 24.4 Å². The molecule has 0 radical (unpaired) electrons. The van der Waals surface area contributed by atoms with Crippen molar-refractivity contribution in [1.82, 2.24) is 4.90 Å². The summed E-state index contributed by atoms with van der Waals surface area (Å²) in [6.45, 7) is 9.22. The van der Waals surface area contributed by atoms with E-state index in [9.17, 15) is 5.11 Å². The number of aliphatic hydroxyl groups excluding tert-OH is 1. The Labute approximate surface area is 117 Å². The zero-order chi connectivity index (χ0) is 14.3. The van der Waals surface area contributed by atoms with Crippen LogP contribution in [0.3, 0.4) is 0 Å². The number of para-hydroxylation sites is 1. The smallest absolute Gasteiger partial charge is 0.124 e. The summed E-state index contributed by atoms with van der Waals surface area (Å²) < 4.78 is 5.31. The number of nitrogens with zero attached hydrogens (tertiary/aromatic N) is 1. The summed E-state index contributed by atoms with van der Waals surface area (Å²) >= 11 is 0. The summed E-state index contributed by atoms with van der Waals surface area (Å²) in [5, 5.41) is 10.4. The monoisotopic (exact) mass is 265 g/mol. The Bertz CT molecular complexity index is 368. The van der Waals surface area contributed by atoms with Crippen molar-refractivity contribution in [2.45, 2.75) is 33.3 Å². The van der Waals surface area contributed by atoms with Crippen molar-refractivity contribution in [2.75, 3.05) is 26.7 Å². The van der Waals surface area contributed by atoms with Crippen LogP contribution in [-0.4, -0.2) is 36.8 Å². The van der Waals surface area contributed by atoms with Crippen LogP contribution in [0.25, 0.3) is 0 Å². The van der Waals surface area contributed by atoms with Crippen LogP contribution in [-0.2, 0) is 0 Å². The van der Waals surface area contributed by atoms with Crippen molar-refractivity contribution in [3.05, 3.63) is 29.8 Å². The third-order valence-electron chi connectivity index (χ3n) is 3.64. The molecule has 3 nitrogen and oxygen atoms in total. The molecule has 0 saturated heterocycles. The summed E-state index contributed by atoms with van der Waals surface area (Å²) in [6, 6.07) is 7.68. The van der Waals surface area contributed by atoms with Gasteiger partial charge in [0.25, 0.3) is 0 Å². The molecule has 2 atom stereocenters. The molecule has 0 aliphatic rings. The third-order valence-corrected chi connectivity index (χ3v) is 3.64. The van der Waals surface area contributed by atoms with Gasteiger partial charge in [-0.05, 0) is 18.5 Å². The third kappa shape index (κ3) is 4.84. The van der Waals surface area contributed by atoms with Crippen LogP contribution in [0.4, 0.5) is 0 Å². The lowest BCUT2D eigenvalue weighted by Crippen LogP contribution is -2.32. The van der Waals surface area contributed by atoms with E-state index in [1.807, 2.05) is 24.3 Å². The quantitative estimate of drug-likeness (QED) is 0.784. The molecule has 2 unspecified atom stereocenters. The van der Waals surface area contributed by atoms with Crippen molar-refractivity contribution in [3.8, 4) is 5.75 Å². The van der Waals surface area contributed by atoms with Crippen LogP contribution in [0.5, 0.6) is 5.75 Å². The molecular weight excluding hydrogens is 238 g/mol. The number of methoxy groups -OCH3 is 1. The highest BCUT2D eigenvalue weighted by Gasteiger charge is 2.17. The number of hydrogen-bond acceptors (Lipinski definition) is 3. The van der Waals surface area contributed by atoms with Crippen LogP contribution in [0.15, 0.2) is 24.3 Å². The van der Waals surface area contributed by atoms with E-state index in [-0.39, 0.29) is 0 Å². The van der Waals surface area contributed by atoms with Gasteiger partial charge >= 0.3 is 0 Å². The largest absolute Gasteiger partial charge is 0.496 e. The van der Waals surface area contributed by atoms with Crippen molar-refractivity contribution in [3.63, 3.8) is 0 Å². The molecule has 1 aromatic carbocycles. The molecule has 3 heteroatoms. The Morgan fingerprint density at radius 1 is 1.21 bits per heavy atom. The van der Waals surface area contributed by atoms with Crippen LogP contribution < -0.4 is 4.74 Å². The predicted octanol–water partition coefficient (Wildman–Crippen LogP) is 3.10. The maximum Gasteiger partial charge on any atom is 0.124 e. The number of ether oxygens (including phenoxy) is 1. The van der Waals surface area contributed by atoms with Crippen LogP contribution >= 0.6 is 0 Å². The van der Waals surface area contributed by atoms with E-state index in [1.165, 1.54) is 6.42 Å². The van der Waals surface area contributed by atoms with Gasteiger partial charge < -0.3 is 14.7 Å². The van der Waals surface area contributed by atoms with E-state index in [4.69, 9.17) is 4.74 Å². The molecule has 0 saturated carbocycles. The summed E-state index contributed by atoms with van der Waals surface area (Å²) in [6.07, 6.45) is 0.668. The lowest BCUT2D eigenvalue weighted by atomic mass is 10.1. The van der Waals surface area contributed by atoms with Gasteiger partial charge in [0.2, 0.25) is 0 Å². The molecule has 1 aromatic rings. The highest BCUT2D eigenvalue weighted by atomic mass is 16.5. The van der Waals surface area contributed by atoms with E-state index in [2.05, 4.69) is 25.7 Å². The van der Waals surface area contributed by atoms with Gasteiger partial charge in [-0.15, -0.1) is 0 Å². The molecule has 0 fully saturated rings. The zero-order valence-corrected chi connectivity index (χ0v) is 12.6. The first-order chi connectivity index (χ1) is 9.12. The average Bonchev–Trinajstić information content (AvgIpc) is 2.45. The van der Waals surface area contributed by atoms with Crippen molar-refractivity contribution >= 4 is 0 Å². The maximum atomic E-state index is 10.4. The minimum absolute atomic E-state index is 0.500. The normalized spacial score (nSPS) is 14.4. The van der Waals surface area contributed by atoms with Gasteiger partial charge in [0.15, 0.2) is 0 Å². The molecule has 0 aliphatic carbocycles. The highest BCUT2D eigenvalue weighted by molar-refractivity contribution is 5.35. The van der Waals surface area contributed by atoms with Crippen LogP contribution in [0.1, 0.15) is 38.9 Å². The molecule has 0 aliphatic heterocycles. The second-order valence-electron chi connectivity index (χ2n) is 5.12. The fraction of sp³-hybridized carbons (Fsp3) is 0.625. The SMILES string of the molecule is CCC(C)CN(CC)CC(O)c1ccccc1OC. The first kappa shape index (κ1) is 16.0. The second kappa shape index (κ2) is 8.18. The van der Waals surface area contributed by atoms with Crippen molar-refractivity contribution in [1.29, 1.82) is 0 Å². The molecule has 108 valence electrons. The fourth-order valence-corrected chi connectivity index (χ4v) is 2.19. The summed E-state index contributed by atoms with van der Waals surface area (Å²) in [4.78, 5) is 2.30. The molecule has 0 heterocycles. The van der Waals surface area contributed by atoms with Crippen molar-refractivity contribution < 1.29 is 9.84 Å². The first-order valence-electron chi connectivity index (χ1n) is 7.15. The summed E-state index contributed by atoms with van der Waals surface area (Å²) in [7, 11) is 1.64. The van der Waals surface area contributed by atoms with Gasteiger partial charge in [0.05, 0.1) is 13.2 Å². The van der Waals surface area contributed by atoms with Gasteiger partial charge in [-0.3, -0.25) is 0 Å². The molecule has 1 rings (SSSR count). The fourth-order valence-electron chi connectivity index (χ4n) is 2.19. The van der Waals surface area contributed by atoms with E-state index in [1.54, 1.807) is 7.11 Å². The topological polar surface area (TPSA) is 32.7 Å². The van der Waals surface area contributed by atoms with Gasteiger partial charge in [-0.1, -0.05) is 45.4 Å². The Balaban J connectivity index is 2.68. The molecule has 0 aromatic heterocycles. The lowest BCUT2D eigenvalue weighted by molar-refractivity contribution is 0.105. The standard InChI is InChI=1S/C16H27NO2/c1-5-13(3)11-17(6-2)12-15(18)14-9-7-8-10-16(14)19-4/h7-10,13,15,18H,5-6,11-12H2,1-4H3.